The summed E-state index contributed by atoms with van der Waals surface area (Å²) in [4.78, 5) is 4.04. The molecule has 0 saturated heterocycles. The first kappa shape index (κ1) is 14.0. The van der Waals surface area contributed by atoms with Crippen LogP contribution in [-0.2, 0) is 11.3 Å². The topological polar surface area (TPSA) is 52.8 Å². The SMILES string of the molecule is CCSc1nnc(-c2ccncc2)n1CCCOC. The summed E-state index contributed by atoms with van der Waals surface area (Å²) in [6.45, 7) is 3.72. The summed E-state index contributed by atoms with van der Waals surface area (Å²) in [6.07, 6.45) is 4.50. The highest BCUT2D eigenvalue weighted by Crippen LogP contribution is 2.23. The van der Waals surface area contributed by atoms with Crippen LogP contribution < -0.4 is 0 Å². The van der Waals surface area contributed by atoms with Gasteiger partial charge in [-0.25, -0.2) is 0 Å². The molecule has 19 heavy (non-hydrogen) atoms. The Labute approximate surface area is 117 Å². The van der Waals surface area contributed by atoms with E-state index >= 15 is 0 Å². The Balaban J connectivity index is 2.27. The first-order valence-corrected chi connectivity index (χ1v) is 7.30. The normalized spacial score (nSPS) is 10.8. The van der Waals surface area contributed by atoms with Gasteiger partial charge in [0.25, 0.3) is 0 Å². The largest absolute Gasteiger partial charge is 0.385 e. The van der Waals surface area contributed by atoms with Gasteiger partial charge in [0.1, 0.15) is 0 Å². The fraction of sp³-hybridized carbons (Fsp3) is 0.462. The third-order valence-corrected chi connectivity index (χ3v) is 3.51. The van der Waals surface area contributed by atoms with Gasteiger partial charge < -0.3 is 9.30 Å². The van der Waals surface area contributed by atoms with Crippen LogP contribution in [0.5, 0.6) is 0 Å². The highest BCUT2D eigenvalue weighted by molar-refractivity contribution is 7.99. The predicted molar refractivity (Wildman–Crippen MR) is 76.1 cm³/mol. The maximum Gasteiger partial charge on any atom is 0.191 e. The molecule has 0 amide bonds. The van der Waals surface area contributed by atoms with Gasteiger partial charge in [0, 0.05) is 38.2 Å². The molecule has 0 unspecified atom stereocenters. The van der Waals surface area contributed by atoms with Crippen LogP contribution in [0.15, 0.2) is 29.7 Å². The number of ether oxygens (including phenoxy) is 1. The molecule has 0 aliphatic carbocycles. The lowest BCUT2D eigenvalue weighted by Crippen LogP contribution is -2.05. The maximum absolute atomic E-state index is 5.11. The number of methoxy groups -OCH3 is 1. The Hall–Kier alpha value is -1.40. The second kappa shape index (κ2) is 7.25. The fourth-order valence-corrected chi connectivity index (χ4v) is 2.50. The van der Waals surface area contributed by atoms with Crippen LogP contribution in [0.2, 0.25) is 0 Å². The van der Waals surface area contributed by atoms with E-state index in [1.54, 1.807) is 31.3 Å². The van der Waals surface area contributed by atoms with Crippen molar-refractivity contribution >= 4 is 11.8 Å². The highest BCUT2D eigenvalue weighted by Gasteiger charge is 2.13. The third kappa shape index (κ3) is 3.54. The number of thioether (sulfide) groups is 1. The summed E-state index contributed by atoms with van der Waals surface area (Å²) >= 11 is 1.71. The molecule has 5 nitrogen and oxygen atoms in total. The molecule has 0 saturated carbocycles. The zero-order valence-corrected chi connectivity index (χ0v) is 12.1. The van der Waals surface area contributed by atoms with Gasteiger partial charge in [-0.1, -0.05) is 18.7 Å². The summed E-state index contributed by atoms with van der Waals surface area (Å²) in [5, 5.41) is 9.55. The highest BCUT2D eigenvalue weighted by atomic mass is 32.2. The second-order valence-corrected chi connectivity index (χ2v) is 5.20. The number of rotatable bonds is 7. The van der Waals surface area contributed by atoms with Crippen molar-refractivity contribution in [3.8, 4) is 11.4 Å². The minimum absolute atomic E-state index is 0.740. The first-order valence-electron chi connectivity index (χ1n) is 6.32. The standard InChI is InChI=1S/C13H18N4OS/c1-3-19-13-16-15-12(11-5-7-14-8-6-11)17(13)9-4-10-18-2/h5-8H,3-4,9-10H2,1-2H3. The zero-order chi connectivity index (χ0) is 13.5. The van der Waals surface area contributed by atoms with Gasteiger partial charge in [0.05, 0.1) is 0 Å². The van der Waals surface area contributed by atoms with Gasteiger partial charge >= 0.3 is 0 Å². The van der Waals surface area contributed by atoms with Crippen molar-refractivity contribution < 1.29 is 4.74 Å². The van der Waals surface area contributed by atoms with Gasteiger partial charge in [-0.3, -0.25) is 4.98 Å². The first-order chi connectivity index (χ1) is 9.36. The molecule has 0 fully saturated rings. The van der Waals surface area contributed by atoms with Crippen LogP contribution in [0.3, 0.4) is 0 Å². The van der Waals surface area contributed by atoms with E-state index in [4.69, 9.17) is 4.74 Å². The third-order valence-electron chi connectivity index (χ3n) is 2.66. The quantitative estimate of drug-likeness (QED) is 0.575. The molecule has 0 atom stereocenters. The van der Waals surface area contributed by atoms with Crippen molar-refractivity contribution in [1.29, 1.82) is 0 Å². The number of hydrogen-bond acceptors (Lipinski definition) is 5. The van der Waals surface area contributed by atoms with Crippen molar-refractivity contribution in [2.24, 2.45) is 0 Å². The Kier molecular flexibility index (Phi) is 5.35. The molecule has 0 aliphatic rings. The van der Waals surface area contributed by atoms with E-state index in [2.05, 4.69) is 26.7 Å². The minimum Gasteiger partial charge on any atom is -0.385 e. The Morgan fingerprint density at radius 1 is 1.26 bits per heavy atom. The molecule has 102 valence electrons. The van der Waals surface area contributed by atoms with Crippen molar-refractivity contribution in [1.82, 2.24) is 19.7 Å². The molecule has 0 radical (unpaired) electrons. The molecule has 2 rings (SSSR count). The Bertz CT molecular complexity index is 501. The molecule has 0 aliphatic heterocycles. The van der Waals surface area contributed by atoms with Gasteiger partial charge in [0.15, 0.2) is 11.0 Å². The van der Waals surface area contributed by atoms with Crippen LogP contribution in [0.4, 0.5) is 0 Å². The lowest BCUT2D eigenvalue weighted by atomic mass is 10.2. The number of nitrogens with zero attached hydrogens (tertiary/aromatic N) is 4. The fourth-order valence-electron chi connectivity index (χ4n) is 1.81. The van der Waals surface area contributed by atoms with Crippen LogP contribution in [0, 0.1) is 0 Å². The van der Waals surface area contributed by atoms with Crippen molar-refractivity contribution in [2.75, 3.05) is 19.5 Å². The number of aromatic nitrogens is 4. The van der Waals surface area contributed by atoms with Crippen molar-refractivity contribution in [3.63, 3.8) is 0 Å². The van der Waals surface area contributed by atoms with E-state index in [0.717, 1.165) is 41.9 Å². The molecule has 2 heterocycles. The molecule has 0 spiro atoms. The Morgan fingerprint density at radius 2 is 2.05 bits per heavy atom. The summed E-state index contributed by atoms with van der Waals surface area (Å²) in [5.74, 6) is 1.88. The average molecular weight is 278 g/mol. The average Bonchev–Trinajstić information content (AvgIpc) is 2.84. The molecule has 0 N–H and O–H groups in total. The predicted octanol–water partition coefficient (Wildman–Crippen LogP) is 2.49. The van der Waals surface area contributed by atoms with E-state index in [1.807, 2.05) is 12.1 Å². The van der Waals surface area contributed by atoms with E-state index in [0.29, 0.717) is 0 Å². The lowest BCUT2D eigenvalue weighted by molar-refractivity contribution is 0.189. The van der Waals surface area contributed by atoms with E-state index in [1.165, 1.54) is 0 Å². The van der Waals surface area contributed by atoms with Gasteiger partial charge in [-0.2, -0.15) is 0 Å². The smallest absolute Gasteiger partial charge is 0.191 e. The maximum atomic E-state index is 5.11. The number of hydrogen-bond donors (Lipinski definition) is 0. The second-order valence-electron chi connectivity index (χ2n) is 3.97. The molecule has 0 aromatic carbocycles. The van der Waals surface area contributed by atoms with E-state index in [-0.39, 0.29) is 0 Å². The van der Waals surface area contributed by atoms with Crippen molar-refractivity contribution in [2.45, 2.75) is 25.0 Å². The lowest BCUT2D eigenvalue weighted by Gasteiger charge is -2.09. The van der Waals surface area contributed by atoms with Crippen molar-refractivity contribution in [3.05, 3.63) is 24.5 Å². The minimum atomic E-state index is 0.740. The van der Waals surface area contributed by atoms with Crippen LogP contribution >= 0.6 is 11.8 Å². The summed E-state index contributed by atoms with van der Waals surface area (Å²) < 4.78 is 7.27. The van der Waals surface area contributed by atoms with Crippen LogP contribution in [0.1, 0.15) is 13.3 Å². The monoisotopic (exact) mass is 278 g/mol. The molecule has 2 aromatic heterocycles. The zero-order valence-electron chi connectivity index (χ0n) is 11.2. The molecular formula is C13H18N4OS. The molecule has 0 bridgehead atoms. The number of pyridine rings is 1. The summed E-state index contributed by atoms with van der Waals surface area (Å²) in [7, 11) is 1.72. The van der Waals surface area contributed by atoms with Gasteiger partial charge in [-0.15, -0.1) is 10.2 Å². The van der Waals surface area contributed by atoms with Crippen LogP contribution in [0.25, 0.3) is 11.4 Å². The molecule has 6 heteroatoms. The van der Waals surface area contributed by atoms with Gasteiger partial charge in [0.2, 0.25) is 0 Å². The summed E-state index contributed by atoms with van der Waals surface area (Å²) in [6, 6.07) is 3.91. The van der Waals surface area contributed by atoms with E-state index < -0.39 is 0 Å². The van der Waals surface area contributed by atoms with Crippen LogP contribution in [-0.4, -0.2) is 39.2 Å². The molecule has 2 aromatic rings. The van der Waals surface area contributed by atoms with Gasteiger partial charge in [-0.05, 0) is 24.3 Å². The van der Waals surface area contributed by atoms with E-state index in [9.17, 15) is 0 Å². The molecular weight excluding hydrogens is 260 g/mol. The summed E-state index contributed by atoms with van der Waals surface area (Å²) in [5.41, 5.74) is 1.04. The Morgan fingerprint density at radius 3 is 2.74 bits per heavy atom.